The Morgan fingerprint density at radius 2 is 2.27 bits per heavy atom. The molecule has 0 aromatic rings. The van der Waals surface area contributed by atoms with Gasteiger partial charge in [-0.1, -0.05) is 6.92 Å². The van der Waals surface area contributed by atoms with Gasteiger partial charge >= 0.3 is 0 Å². The molecule has 0 radical (unpaired) electrons. The van der Waals surface area contributed by atoms with E-state index in [2.05, 4.69) is 6.92 Å². The van der Waals surface area contributed by atoms with Gasteiger partial charge in [-0.25, -0.2) is 0 Å². The molecule has 2 rings (SSSR count). The van der Waals surface area contributed by atoms with Crippen LogP contribution in [0.15, 0.2) is 0 Å². The van der Waals surface area contributed by atoms with E-state index >= 15 is 0 Å². The van der Waals surface area contributed by atoms with Crippen LogP contribution < -0.4 is 0 Å². The molecule has 2 nitrogen and oxygen atoms in total. The van der Waals surface area contributed by atoms with Gasteiger partial charge in [-0.3, -0.25) is 0 Å². The van der Waals surface area contributed by atoms with Crippen molar-refractivity contribution in [1.82, 2.24) is 0 Å². The van der Waals surface area contributed by atoms with Crippen molar-refractivity contribution in [1.29, 1.82) is 0 Å². The Bertz CT molecular complexity index is 136. The fourth-order valence-corrected chi connectivity index (χ4v) is 1.51. The molecular weight excluding hydrogens is 140 g/mol. The minimum atomic E-state index is 0.300. The van der Waals surface area contributed by atoms with Crippen LogP contribution in [0.2, 0.25) is 0 Å². The average Bonchev–Trinajstić information content (AvgIpc) is 2.80. The molecule has 2 aliphatic heterocycles. The molecular formula is C9H16O2. The standard InChI is InChI=1S/C9H16O2/c1-2-9(7-11-9)5-3-4-8-6-10-8/h8H,2-7H2,1H3. The predicted octanol–water partition coefficient (Wildman–Crippen LogP) is 1.73. The summed E-state index contributed by atoms with van der Waals surface area (Å²) in [5, 5.41) is 0. The van der Waals surface area contributed by atoms with Gasteiger partial charge in [-0.2, -0.15) is 0 Å². The smallest absolute Gasteiger partial charge is 0.0914 e. The fraction of sp³-hybridized carbons (Fsp3) is 1.00. The lowest BCUT2D eigenvalue weighted by Crippen LogP contribution is -2.08. The molecule has 0 aromatic carbocycles. The number of hydrogen-bond donors (Lipinski definition) is 0. The summed E-state index contributed by atoms with van der Waals surface area (Å²) >= 11 is 0. The maximum atomic E-state index is 5.41. The van der Waals surface area contributed by atoms with Crippen molar-refractivity contribution in [3.63, 3.8) is 0 Å². The van der Waals surface area contributed by atoms with E-state index in [0.29, 0.717) is 11.7 Å². The zero-order chi connectivity index (χ0) is 7.73. The van der Waals surface area contributed by atoms with Gasteiger partial charge in [0.05, 0.1) is 24.9 Å². The lowest BCUT2D eigenvalue weighted by Gasteiger charge is -2.06. The Balaban J connectivity index is 1.58. The SMILES string of the molecule is CCC1(CCCC2CO2)CO1. The predicted molar refractivity (Wildman–Crippen MR) is 42.6 cm³/mol. The van der Waals surface area contributed by atoms with Gasteiger partial charge in [0.25, 0.3) is 0 Å². The van der Waals surface area contributed by atoms with Gasteiger partial charge in [0.1, 0.15) is 0 Å². The summed E-state index contributed by atoms with van der Waals surface area (Å²) in [7, 11) is 0. The molecule has 2 heterocycles. The first kappa shape index (κ1) is 7.56. The van der Waals surface area contributed by atoms with Crippen LogP contribution >= 0.6 is 0 Å². The van der Waals surface area contributed by atoms with Crippen LogP contribution in [-0.4, -0.2) is 24.9 Å². The second kappa shape index (κ2) is 2.76. The lowest BCUT2D eigenvalue weighted by molar-refractivity contribution is 0.270. The Morgan fingerprint density at radius 1 is 1.55 bits per heavy atom. The molecule has 2 atom stereocenters. The molecule has 2 fully saturated rings. The summed E-state index contributed by atoms with van der Waals surface area (Å²) < 4.78 is 10.5. The monoisotopic (exact) mass is 156 g/mol. The first-order valence-electron chi connectivity index (χ1n) is 4.60. The third-order valence-corrected chi connectivity index (χ3v) is 2.76. The summed E-state index contributed by atoms with van der Waals surface area (Å²) in [5.74, 6) is 0. The highest BCUT2D eigenvalue weighted by molar-refractivity contribution is 4.90. The quantitative estimate of drug-likeness (QED) is 0.566. The van der Waals surface area contributed by atoms with Crippen molar-refractivity contribution in [3.8, 4) is 0 Å². The number of rotatable bonds is 5. The summed E-state index contributed by atoms with van der Waals surface area (Å²) in [6, 6.07) is 0. The summed E-state index contributed by atoms with van der Waals surface area (Å²) in [4.78, 5) is 0. The topological polar surface area (TPSA) is 25.1 Å². The van der Waals surface area contributed by atoms with Crippen LogP contribution in [-0.2, 0) is 9.47 Å². The van der Waals surface area contributed by atoms with E-state index in [9.17, 15) is 0 Å². The van der Waals surface area contributed by atoms with E-state index in [0.717, 1.165) is 13.2 Å². The molecule has 0 aliphatic carbocycles. The van der Waals surface area contributed by atoms with E-state index in [-0.39, 0.29) is 0 Å². The molecule has 2 heteroatoms. The Labute approximate surface area is 67.9 Å². The van der Waals surface area contributed by atoms with Gasteiger partial charge in [0.2, 0.25) is 0 Å². The van der Waals surface area contributed by atoms with Gasteiger partial charge in [0.15, 0.2) is 0 Å². The second-order valence-corrected chi connectivity index (χ2v) is 3.67. The van der Waals surface area contributed by atoms with Crippen LogP contribution in [0.3, 0.4) is 0 Å². The number of epoxide rings is 2. The molecule has 0 amide bonds. The maximum absolute atomic E-state index is 5.41. The molecule has 0 N–H and O–H groups in total. The van der Waals surface area contributed by atoms with E-state index in [1.165, 1.54) is 25.7 Å². The minimum Gasteiger partial charge on any atom is -0.373 e. The van der Waals surface area contributed by atoms with Crippen LogP contribution in [0.1, 0.15) is 32.6 Å². The highest BCUT2D eigenvalue weighted by Crippen LogP contribution is 2.36. The number of hydrogen-bond acceptors (Lipinski definition) is 2. The van der Waals surface area contributed by atoms with E-state index in [4.69, 9.17) is 9.47 Å². The van der Waals surface area contributed by atoms with Crippen molar-refractivity contribution < 1.29 is 9.47 Å². The normalized spacial score (nSPS) is 40.6. The second-order valence-electron chi connectivity index (χ2n) is 3.67. The highest BCUT2D eigenvalue weighted by Gasteiger charge is 2.42. The summed E-state index contributed by atoms with van der Waals surface area (Å²) in [6.07, 6.45) is 5.54. The molecule has 0 aromatic heterocycles. The van der Waals surface area contributed by atoms with E-state index in [1.54, 1.807) is 0 Å². The van der Waals surface area contributed by atoms with E-state index in [1.807, 2.05) is 0 Å². The molecule has 2 saturated heterocycles. The molecule has 2 unspecified atom stereocenters. The highest BCUT2D eigenvalue weighted by atomic mass is 16.6. The fourth-order valence-electron chi connectivity index (χ4n) is 1.51. The summed E-state index contributed by atoms with van der Waals surface area (Å²) in [5.41, 5.74) is 0.300. The molecule has 0 spiro atoms. The minimum absolute atomic E-state index is 0.300. The summed E-state index contributed by atoms with van der Waals surface area (Å²) in [6.45, 7) is 4.20. The average molecular weight is 156 g/mol. The van der Waals surface area contributed by atoms with Crippen molar-refractivity contribution in [3.05, 3.63) is 0 Å². The van der Waals surface area contributed by atoms with Gasteiger partial charge < -0.3 is 9.47 Å². The van der Waals surface area contributed by atoms with Crippen molar-refractivity contribution in [2.45, 2.75) is 44.3 Å². The Hall–Kier alpha value is -0.0800. The molecule has 2 aliphatic rings. The molecule has 0 bridgehead atoms. The zero-order valence-corrected chi connectivity index (χ0v) is 7.14. The van der Waals surface area contributed by atoms with Crippen LogP contribution in [0.5, 0.6) is 0 Å². The first-order valence-corrected chi connectivity index (χ1v) is 4.60. The largest absolute Gasteiger partial charge is 0.373 e. The van der Waals surface area contributed by atoms with Crippen molar-refractivity contribution in [2.24, 2.45) is 0 Å². The molecule has 64 valence electrons. The first-order chi connectivity index (χ1) is 5.35. The number of ether oxygens (including phenoxy) is 2. The zero-order valence-electron chi connectivity index (χ0n) is 7.14. The van der Waals surface area contributed by atoms with Gasteiger partial charge in [0, 0.05) is 0 Å². The maximum Gasteiger partial charge on any atom is 0.0914 e. The third kappa shape index (κ3) is 1.94. The van der Waals surface area contributed by atoms with Crippen LogP contribution in [0.4, 0.5) is 0 Å². The van der Waals surface area contributed by atoms with Crippen molar-refractivity contribution in [2.75, 3.05) is 13.2 Å². The van der Waals surface area contributed by atoms with Crippen LogP contribution in [0, 0.1) is 0 Å². The van der Waals surface area contributed by atoms with Crippen molar-refractivity contribution >= 4 is 0 Å². The molecule has 11 heavy (non-hydrogen) atoms. The van der Waals surface area contributed by atoms with Gasteiger partial charge in [-0.15, -0.1) is 0 Å². The Morgan fingerprint density at radius 3 is 2.73 bits per heavy atom. The van der Waals surface area contributed by atoms with Crippen LogP contribution in [0.25, 0.3) is 0 Å². The van der Waals surface area contributed by atoms with Gasteiger partial charge in [-0.05, 0) is 25.7 Å². The lowest BCUT2D eigenvalue weighted by atomic mass is 10.00. The third-order valence-electron chi connectivity index (χ3n) is 2.76. The molecule has 0 saturated carbocycles. The Kier molecular flexibility index (Phi) is 1.90. The van der Waals surface area contributed by atoms with E-state index < -0.39 is 0 Å².